The lowest BCUT2D eigenvalue weighted by atomic mass is 10.2. The van der Waals surface area contributed by atoms with Crippen molar-refractivity contribution in [3.8, 4) is 0 Å². The number of aromatic nitrogens is 1. The van der Waals surface area contributed by atoms with Gasteiger partial charge in [0.1, 0.15) is 0 Å². The van der Waals surface area contributed by atoms with Crippen LogP contribution in [0.1, 0.15) is 21.6 Å². The van der Waals surface area contributed by atoms with E-state index < -0.39 is 0 Å². The standard InChI is InChI=1S/C15H14N2OS/c1-19-13-6-4-11(5-7-13)15(18)17-9-12-3-2-8-16-14(12)10-17/h2-8H,9-10H2,1H3. The molecule has 0 bridgehead atoms. The highest BCUT2D eigenvalue weighted by Gasteiger charge is 2.24. The zero-order valence-corrected chi connectivity index (χ0v) is 11.5. The minimum atomic E-state index is 0.0747. The first kappa shape index (κ1) is 12.2. The van der Waals surface area contributed by atoms with E-state index in [-0.39, 0.29) is 5.91 Å². The summed E-state index contributed by atoms with van der Waals surface area (Å²) in [5.41, 5.74) is 2.90. The van der Waals surface area contributed by atoms with Crippen LogP contribution < -0.4 is 0 Å². The van der Waals surface area contributed by atoms with Gasteiger partial charge in [0, 0.05) is 23.2 Å². The van der Waals surface area contributed by atoms with Crippen LogP contribution >= 0.6 is 11.8 Å². The summed E-state index contributed by atoms with van der Waals surface area (Å²) in [6.45, 7) is 1.27. The number of thioether (sulfide) groups is 1. The first-order valence-electron chi connectivity index (χ1n) is 6.14. The maximum atomic E-state index is 12.4. The largest absolute Gasteiger partial charge is 0.328 e. The van der Waals surface area contributed by atoms with E-state index in [2.05, 4.69) is 4.98 Å². The fourth-order valence-electron chi connectivity index (χ4n) is 2.26. The topological polar surface area (TPSA) is 33.2 Å². The zero-order valence-electron chi connectivity index (χ0n) is 10.7. The molecule has 0 saturated carbocycles. The Balaban J connectivity index is 1.79. The molecule has 0 unspecified atom stereocenters. The van der Waals surface area contributed by atoms with Crippen molar-refractivity contribution in [1.82, 2.24) is 9.88 Å². The number of carbonyl (C=O) groups excluding carboxylic acids is 1. The van der Waals surface area contributed by atoms with Crippen LogP contribution in [0.2, 0.25) is 0 Å². The lowest BCUT2D eigenvalue weighted by Crippen LogP contribution is -2.25. The summed E-state index contributed by atoms with van der Waals surface area (Å²) in [5, 5.41) is 0. The van der Waals surface area contributed by atoms with Crippen molar-refractivity contribution >= 4 is 17.7 Å². The van der Waals surface area contributed by atoms with Gasteiger partial charge in [-0.25, -0.2) is 0 Å². The number of hydrogen-bond donors (Lipinski definition) is 0. The SMILES string of the molecule is CSc1ccc(C(=O)N2Cc3cccnc3C2)cc1. The van der Waals surface area contributed by atoms with Gasteiger partial charge in [-0.15, -0.1) is 11.8 Å². The maximum Gasteiger partial charge on any atom is 0.254 e. The highest BCUT2D eigenvalue weighted by molar-refractivity contribution is 7.98. The third-order valence-electron chi connectivity index (χ3n) is 3.31. The van der Waals surface area contributed by atoms with Crippen LogP contribution in [-0.4, -0.2) is 22.0 Å². The quantitative estimate of drug-likeness (QED) is 0.787. The Hall–Kier alpha value is -1.81. The molecule has 1 aliphatic rings. The van der Waals surface area contributed by atoms with E-state index in [1.165, 1.54) is 4.90 Å². The van der Waals surface area contributed by atoms with E-state index >= 15 is 0 Å². The van der Waals surface area contributed by atoms with E-state index in [0.717, 1.165) is 16.8 Å². The summed E-state index contributed by atoms with van der Waals surface area (Å²) in [6, 6.07) is 11.7. The zero-order chi connectivity index (χ0) is 13.2. The van der Waals surface area contributed by atoms with Crippen LogP contribution in [0.5, 0.6) is 0 Å². The normalized spacial score (nSPS) is 13.4. The molecule has 0 N–H and O–H groups in total. The second kappa shape index (κ2) is 5.05. The third kappa shape index (κ3) is 2.36. The fourth-order valence-corrected chi connectivity index (χ4v) is 2.67. The van der Waals surface area contributed by atoms with E-state index in [0.29, 0.717) is 13.1 Å². The average Bonchev–Trinajstić information content (AvgIpc) is 2.90. The molecule has 0 radical (unpaired) electrons. The van der Waals surface area contributed by atoms with Crippen molar-refractivity contribution in [2.75, 3.05) is 6.26 Å². The molecule has 0 fully saturated rings. The van der Waals surface area contributed by atoms with Gasteiger partial charge in [-0.05, 0) is 42.2 Å². The van der Waals surface area contributed by atoms with Crippen molar-refractivity contribution < 1.29 is 4.79 Å². The number of pyridine rings is 1. The van der Waals surface area contributed by atoms with Crippen molar-refractivity contribution in [3.63, 3.8) is 0 Å². The molecule has 3 rings (SSSR count). The number of hydrogen-bond acceptors (Lipinski definition) is 3. The summed E-state index contributed by atoms with van der Waals surface area (Å²) < 4.78 is 0. The van der Waals surface area contributed by atoms with E-state index in [9.17, 15) is 4.79 Å². The predicted octanol–water partition coefficient (Wildman–Crippen LogP) is 2.96. The Bertz CT molecular complexity index is 585. The van der Waals surface area contributed by atoms with Gasteiger partial charge in [-0.2, -0.15) is 0 Å². The van der Waals surface area contributed by atoms with Gasteiger partial charge in [0.15, 0.2) is 0 Å². The second-order valence-electron chi connectivity index (χ2n) is 4.50. The summed E-state index contributed by atoms with van der Waals surface area (Å²) in [5.74, 6) is 0.0747. The van der Waals surface area contributed by atoms with Crippen molar-refractivity contribution in [2.24, 2.45) is 0 Å². The molecule has 19 heavy (non-hydrogen) atoms. The third-order valence-corrected chi connectivity index (χ3v) is 4.05. The monoisotopic (exact) mass is 270 g/mol. The smallest absolute Gasteiger partial charge is 0.254 e. The molecule has 2 aromatic rings. The van der Waals surface area contributed by atoms with Gasteiger partial charge in [0.05, 0.1) is 12.2 Å². The summed E-state index contributed by atoms with van der Waals surface area (Å²) in [6.07, 6.45) is 3.81. The fraction of sp³-hybridized carbons (Fsp3) is 0.200. The number of carbonyl (C=O) groups is 1. The molecular formula is C15H14N2OS. The molecule has 4 heteroatoms. The highest BCUT2D eigenvalue weighted by atomic mass is 32.2. The van der Waals surface area contributed by atoms with Gasteiger partial charge in [-0.1, -0.05) is 6.07 Å². The Morgan fingerprint density at radius 3 is 2.68 bits per heavy atom. The molecule has 1 aromatic carbocycles. The predicted molar refractivity (Wildman–Crippen MR) is 76.0 cm³/mol. The van der Waals surface area contributed by atoms with Gasteiger partial charge in [0.25, 0.3) is 5.91 Å². The first-order chi connectivity index (χ1) is 9.28. The average molecular weight is 270 g/mol. The molecule has 2 heterocycles. The lowest BCUT2D eigenvalue weighted by Gasteiger charge is -2.15. The van der Waals surface area contributed by atoms with Gasteiger partial charge < -0.3 is 4.90 Å². The molecule has 0 aliphatic carbocycles. The van der Waals surface area contributed by atoms with E-state index in [1.54, 1.807) is 18.0 Å². The van der Waals surface area contributed by atoms with Crippen LogP contribution in [0.25, 0.3) is 0 Å². The summed E-state index contributed by atoms with van der Waals surface area (Å²) in [7, 11) is 0. The molecule has 3 nitrogen and oxygen atoms in total. The molecule has 1 aliphatic heterocycles. The number of amides is 1. The van der Waals surface area contributed by atoms with Crippen molar-refractivity contribution in [3.05, 3.63) is 59.4 Å². The number of rotatable bonds is 2. The minimum Gasteiger partial charge on any atom is -0.328 e. The summed E-state index contributed by atoms with van der Waals surface area (Å²) in [4.78, 5) is 19.7. The maximum absolute atomic E-state index is 12.4. The van der Waals surface area contributed by atoms with Crippen LogP contribution in [0.15, 0.2) is 47.5 Å². The number of nitrogens with zero attached hydrogens (tertiary/aromatic N) is 2. The number of benzene rings is 1. The lowest BCUT2D eigenvalue weighted by molar-refractivity contribution is 0.0750. The van der Waals surface area contributed by atoms with Gasteiger partial charge in [0.2, 0.25) is 0 Å². The van der Waals surface area contributed by atoms with E-state index in [4.69, 9.17) is 0 Å². The molecule has 1 aromatic heterocycles. The molecule has 0 atom stereocenters. The van der Waals surface area contributed by atoms with E-state index in [1.807, 2.05) is 47.6 Å². The minimum absolute atomic E-state index is 0.0747. The van der Waals surface area contributed by atoms with Crippen LogP contribution in [0, 0.1) is 0 Å². The molecule has 96 valence electrons. The van der Waals surface area contributed by atoms with Gasteiger partial charge in [-0.3, -0.25) is 9.78 Å². The van der Waals surface area contributed by atoms with Crippen LogP contribution in [0.3, 0.4) is 0 Å². The van der Waals surface area contributed by atoms with Crippen molar-refractivity contribution in [2.45, 2.75) is 18.0 Å². The molecule has 0 spiro atoms. The second-order valence-corrected chi connectivity index (χ2v) is 5.38. The number of fused-ring (bicyclic) bond motifs is 1. The first-order valence-corrected chi connectivity index (χ1v) is 7.36. The van der Waals surface area contributed by atoms with Crippen LogP contribution in [0.4, 0.5) is 0 Å². The Labute approximate surface area is 116 Å². The Morgan fingerprint density at radius 1 is 1.21 bits per heavy atom. The Kier molecular flexibility index (Phi) is 3.25. The van der Waals surface area contributed by atoms with Crippen molar-refractivity contribution in [1.29, 1.82) is 0 Å². The molecule has 0 saturated heterocycles. The van der Waals surface area contributed by atoms with Gasteiger partial charge >= 0.3 is 0 Å². The summed E-state index contributed by atoms with van der Waals surface area (Å²) >= 11 is 1.68. The van der Waals surface area contributed by atoms with Crippen LogP contribution in [-0.2, 0) is 13.1 Å². The Morgan fingerprint density at radius 2 is 2.00 bits per heavy atom. The molecular weight excluding hydrogens is 256 g/mol. The molecule has 1 amide bonds. The highest BCUT2D eigenvalue weighted by Crippen LogP contribution is 2.23.